The minimum absolute atomic E-state index is 0. The van der Waals surface area contributed by atoms with E-state index in [1.807, 2.05) is 12.5 Å². The van der Waals surface area contributed by atoms with Crippen molar-refractivity contribution < 1.29 is 0 Å². The Hall–Kier alpha value is -0.790. The van der Waals surface area contributed by atoms with E-state index in [-0.39, 0.29) is 24.0 Å². The molecule has 1 rings (SSSR count). The Labute approximate surface area is 133 Å². The van der Waals surface area contributed by atoms with Crippen molar-refractivity contribution in [2.24, 2.45) is 4.99 Å². The van der Waals surface area contributed by atoms with E-state index in [1.165, 1.54) is 12.8 Å². The summed E-state index contributed by atoms with van der Waals surface area (Å²) < 4.78 is 2.08. The molecule has 0 fully saturated rings. The summed E-state index contributed by atoms with van der Waals surface area (Å²) >= 11 is 0. The Balaban J connectivity index is 0.00000324. The molecule has 1 aromatic heterocycles. The first-order valence-corrected chi connectivity index (χ1v) is 6.84. The van der Waals surface area contributed by atoms with Crippen molar-refractivity contribution in [3.05, 3.63) is 18.7 Å². The van der Waals surface area contributed by atoms with Gasteiger partial charge in [0.15, 0.2) is 5.96 Å². The molecule has 5 nitrogen and oxygen atoms in total. The van der Waals surface area contributed by atoms with E-state index >= 15 is 0 Å². The lowest BCUT2D eigenvalue weighted by Gasteiger charge is -2.10. The zero-order chi connectivity index (χ0) is 13.1. The molecule has 0 aromatic carbocycles. The minimum Gasteiger partial charge on any atom is -0.357 e. The maximum Gasteiger partial charge on any atom is 0.191 e. The van der Waals surface area contributed by atoms with Crippen molar-refractivity contribution in [1.82, 2.24) is 20.2 Å². The first-order chi connectivity index (χ1) is 8.86. The van der Waals surface area contributed by atoms with Gasteiger partial charge in [-0.15, -0.1) is 24.0 Å². The van der Waals surface area contributed by atoms with Crippen LogP contribution in [0.5, 0.6) is 0 Å². The van der Waals surface area contributed by atoms with Crippen molar-refractivity contribution in [2.75, 3.05) is 19.6 Å². The lowest BCUT2D eigenvalue weighted by atomic mass is 10.3. The third-order valence-corrected chi connectivity index (χ3v) is 2.57. The van der Waals surface area contributed by atoms with E-state index in [0.717, 1.165) is 38.6 Å². The molecule has 0 aliphatic heterocycles. The number of guanidine groups is 1. The van der Waals surface area contributed by atoms with Crippen LogP contribution in [0.25, 0.3) is 0 Å². The minimum atomic E-state index is 0. The second-order valence-corrected chi connectivity index (χ2v) is 4.20. The number of hydrogen-bond donors (Lipinski definition) is 2. The normalized spacial score (nSPS) is 10.9. The van der Waals surface area contributed by atoms with Crippen molar-refractivity contribution in [2.45, 2.75) is 39.7 Å². The van der Waals surface area contributed by atoms with Gasteiger partial charge in [0.05, 0.1) is 6.33 Å². The van der Waals surface area contributed by atoms with Gasteiger partial charge in [0.1, 0.15) is 0 Å². The number of unbranched alkanes of at least 4 members (excludes halogenated alkanes) is 1. The molecular formula is C13H26IN5. The van der Waals surface area contributed by atoms with Gasteiger partial charge in [0, 0.05) is 38.6 Å². The third kappa shape index (κ3) is 8.85. The first-order valence-electron chi connectivity index (χ1n) is 6.84. The fourth-order valence-corrected chi connectivity index (χ4v) is 1.59. The molecule has 0 amide bonds. The second kappa shape index (κ2) is 12.3. The van der Waals surface area contributed by atoms with Crippen LogP contribution in [0.2, 0.25) is 0 Å². The lowest BCUT2D eigenvalue weighted by molar-refractivity contribution is 0.645. The molecule has 0 atom stereocenters. The molecule has 0 saturated carbocycles. The number of aryl methyl sites for hydroxylation is 1. The monoisotopic (exact) mass is 379 g/mol. The number of rotatable bonds is 8. The van der Waals surface area contributed by atoms with Crippen LogP contribution in [0.1, 0.15) is 33.1 Å². The van der Waals surface area contributed by atoms with Crippen LogP contribution in [0.4, 0.5) is 0 Å². The number of nitrogens with zero attached hydrogens (tertiary/aromatic N) is 3. The Bertz CT molecular complexity index is 324. The fourth-order valence-electron chi connectivity index (χ4n) is 1.59. The highest BCUT2D eigenvalue weighted by Crippen LogP contribution is 1.91. The summed E-state index contributed by atoms with van der Waals surface area (Å²) in [7, 11) is 0. The number of aromatic nitrogens is 2. The largest absolute Gasteiger partial charge is 0.357 e. The highest BCUT2D eigenvalue weighted by Gasteiger charge is 1.95. The summed E-state index contributed by atoms with van der Waals surface area (Å²) in [5.74, 6) is 0.927. The summed E-state index contributed by atoms with van der Waals surface area (Å²) in [6, 6.07) is 0. The smallest absolute Gasteiger partial charge is 0.191 e. The van der Waals surface area contributed by atoms with Gasteiger partial charge in [-0.05, 0) is 19.8 Å². The molecule has 0 aliphatic carbocycles. The molecule has 0 radical (unpaired) electrons. The second-order valence-electron chi connectivity index (χ2n) is 4.20. The van der Waals surface area contributed by atoms with Gasteiger partial charge in [-0.25, -0.2) is 4.98 Å². The quantitative estimate of drug-likeness (QED) is 0.315. The van der Waals surface area contributed by atoms with Gasteiger partial charge >= 0.3 is 0 Å². The number of aliphatic imine (C=N–C) groups is 1. The molecule has 0 bridgehead atoms. The zero-order valence-corrected chi connectivity index (χ0v) is 14.3. The van der Waals surface area contributed by atoms with Gasteiger partial charge in [0.25, 0.3) is 0 Å². The fraction of sp³-hybridized carbons (Fsp3) is 0.692. The Kier molecular flexibility index (Phi) is 11.7. The summed E-state index contributed by atoms with van der Waals surface area (Å²) in [4.78, 5) is 8.56. The summed E-state index contributed by atoms with van der Waals surface area (Å²) in [6.07, 6.45) is 9.04. The molecule has 110 valence electrons. The topological polar surface area (TPSA) is 54.2 Å². The zero-order valence-electron chi connectivity index (χ0n) is 11.9. The first kappa shape index (κ1) is 18.2. The molecular weight excluding hydrogens is 353 g/mol. The molecule has 2 N–H and O–H groups in total. The molecule has 0 spiro atoms. The maximum absolute atomic E-state index is 4.55. The van der Waals surface area contributed by atoms with Crippen LogP contribution in [-0.4, -0.2) is 35.1 Å². The SMILES string of the molecule is CCCCNC(=NCCCn1ccnc1)NCC.I. The van der Waals surface area contributed by atoms with Crippen LogP contribution >= 0.6 is 24.0 Å². The van der Waals surface area contributed by atoms with Crippen LogP contribution in [0.15, 0.2) is 23.7 Å². The van der Waals surface area contributed by atoms with E-state index in [9.17, 15) is 0 Å². The number of imidazole rings is 1. The average molecular weight is 379 g/mol. The third-order valence-electron chi connectivity index (χ3n) is 2.57. The Morgan fingerprint density at radius 1 is 1.26 bits per heavy atom. The summed E-state index contributed by atoms with van der Waals surface area (Å²) in [5.41, 5.74) is 0. The van der Waals surface area contributed by atoms with Crippen molar-refractivity contribution >= 4 is 29.9 Å². The summed E-state index contributed by atoms with van der Waals surface area (Å²) in [5, 5.41) is 6.59. The van der Waals surface area contributed by atoms with E-state index in [2.05, 4.69) is 39.0 Å². The van der Waals surface area contributed by atoms with Gasteiger partial charge in [-0.2, -0.15) is 0 Å². The standard InChI is InChI=1S/C13H25N5.HI/c1-3-5-7-16-13(15-4-2)17-8-6-10-18-11-9-14-12-18;/h9,11-12H,3-8,10H2,1-2H3,(H2,15,16,17);1H. The number of hydrogen-bond acceptors (Lipinski definition) is 2. The van der Waals surface area contributed by atoms with Crippen molar-refractivity contribution in [3.8, 4) is 0 Å². The van der Waals surface area contributed by atoms with E-state index in [4.69, 9.17) is 0 Å². The highest BCUT2D eigenvalue weighted by molar-refractivity contribution is 14.0. The van der Waals surface area contributed by atoms with E-state index < -0.39 is 0 Å². The van der Waals surface area contributed by atoms with Crippen molar-refractivity contribution in [3.63, 3.8) is 0 Å². The van der Waals surface area contributed by atoms with Gasteiger partial charge in [-0.3, -0.25) is 4.99 Å². The maximum atomic E-state index is 4.55. The Morgan fingerprint density at radius 3 is 2.74 bits per heavy atom. The highest BCUT2D eigenvalue weighted by atomic mass is 127. The van der Waals surface area contributed by atoms with Gasteiger partial charge in [0.2, 0.25) is 0 Å². The molecule has 19 heavy (non-hydrogen) atoms. The lowest BCUT2D eigenvalue weighted by Crippen LogP contribution is -2.37. The van der Waals surface area contributed by atoms with Gasteiger partial charge < -0.3 is 15.2 Å². The van der Waals surface area contributed by atoms with Crippen LogP contribution in [0, 0.1) is 0 Å². The molecule has 0 unspecified atom stereocenters. The van der Waals surface area contributed by atoms with Gasteiger partial charge in [-0.1, -0.05) is 13.3 Å². The average Bonchev–Trinajstić information content (AvgIpc) is 2.88. The van der Waals surface area contributed by atoms with Crippen LogP contribution < -0.4 is 10.6 Å². The molecule has 1 heterocycles. The molecule has 0 aliphatic rings. The molecule has 6 heteroatoms. The van der Waals surface area contributed by atoms with E-state index in [0.29, 0.717) is 0 Å². The summed E-state index contributed by atoms with van der Waals surface area (Å²) in [6.45, 7) is 7.97. The predicted molar refractivity (Wildman–Crippen MR) is 91.1 cm³/mol. The Morgan fingerprint density at radius 2 is 2.11 bits per heavy atom. The van der Waals surface area contributed by atoms with Crippen molar-refractivity contribution in [1.29, 1.82) is 0 Å². The van der Waals surface area contributed by atoms with Crippen LogP contribution in [0.3, 0.4) is 0 Å². The number of nitrogens with one attached hydrogen (secondary N) is 2. The molecule has 1 aromatic rings. The van der Waals surface area contributed by atoms with E-state index in [1.54, 1.807) is 6.20 Å². The molecule has 0 saturated heterocycles. The number of halogens is 1. The van der Waals surface area contributed by atoms with Crippen LogP contribution in [-0.2, 0) is 6.54 Å². The predicted octanol–water partition coefficient (Wildman–Crippen LogP) is 2.25.